The van der Waals surface area contributed by atoms with Gasteiger partial charge in [0.05, 0.1) is 0 Å². The molecule has 0 saturated heterocycles. The fraction of sp³-hybridized carbons (Fsp3) is 0.286. The first-order valence-electron chi connectivity index (χ1n) is 10.8. The van der Waals surface area contributed by atoms with Gasteiger partial charge in [-0.2, -0.15) is 0 Å². The van der Waals surface area contributed by atoms with E-state index in [2.05, 4.69) is 69.3 Å². The van der Waals surface area contributed by atoms with Crippen LogP contribution in [0.1, 0.15) is 63.3 Å². The summed E-state index contributed by atoms with van der Waals surface area (Å²) >= 11 is 0. The van der Waals surface area contributed by atoms with E-state index in [0.29, 0.717) is 0 Å². The van der Waals surface area contributed by atoms with Gasteiger partial charge in [-0.15, -0.1) is 0 Å². The normalized spacial score (nSPS) is 13.2. The van der Waals surface area contributed by atoms with E-state index in [9.17, 15) is 5.11 Å². The fourth-order valence-corrected chi connectivity index (χ4v) is 3.87. The minimum absolute atomic E-state index is 0.215. The maximum atomic E-state index is 9.75. The predicted octanol–water partition coefficient (Wildman–Crippen LogP) is 7.50. The molecule has 4 rings (SSSR count). The molecule has 3 aromatic carbocycles. The van der Waals surface area contributed by atoms with Crippen molar-refractivity contribution in [3.8, 4) is 11.5 Å². The molecule has 0 amide bonds. The first-order chi connectivity index (χ1) is 14.4. The Kier molecular flexibility index (Phi) is 6.66. The highest BCUT2D eigenvalue weighted by Crippen LogP contribution is 2.42. The van der Waals surface area contributed by atoms with Crippen LogP contribution in [0, 0.1) is 0 Å². The van der Waals surface area contributed by atoms with Crippen molar-refractivity contribution < 1.29 is 9.84 Å². The number of allylic oxidation sites excluding steroid dienone is 1. The van der Waals surface area contributed by atoms with E-state index < -0.39 is 0 Å². The van der Waals surface area contributed by atoms with Crippen LogP contribution in [0.4, 0.5) is 0 Å². The minimum atomic E-state index is -0.215. The molecule has 0 atom stereocenters. The molecule has 0 radical (unpaired) electrons. The Bertz CT molecular complexity index is 1010. The van der Waals surface area contributed by atoms with E-state index >= 15 is 0 Å². The van der Waals surface area contributed by atoms with Crippen LogP contribution in [0.25, 0.3) is 11.1 Å². The number of hydrogen-bond donors (Lipinski definition) is 1. The van der Waals surface area contributed by atoms with Gasteiger partial charge in [0.15, 0.2) is 0 Å². The van der Waals surface area contributed by atoms with Gasteiger partial charge in [0.2, 0.25) is 0 Å². The third-order valence-electron chi connectivity index (χ3n) is 4.99. The highest BCUT2D eigenvalue weighted by atomic mass is 16.5. The van der Waals surface area contributed by atoms with Crippen molar-refractivity contribution in [1.82, 2.24) is 0 Å². The summed E-state index contributed by atoms with van der Waals surface area (Å²) in [7, 11) is 0. The molecule has 0 fully saturated rings. The first-order valence-corrected chi connectivity index (χ1v) is 10.8. The maximum absolute atomic E-state index is 9.75. The molecule has 0 saturated carbocycles. The van der Waals surface area contributed by atoms with Crippen LogP contribution in [0.15, 0.2) is 72.8 Å². The summed E-state index contributed by atoms with van der Waals surface area (Å²) in [6, 6.07) is 24.5. The maximum Gasteiger partial charge on any atom is 0.120 e. The van der Waals surface area contributed by atoms with E-state index in [-0.39, 0.29) is 11.4 Å². The van der Waals surface area contributed by atoms with E-state index in [1.54, 1.807) is 12.1 Å². The Morgan fingerprint density at radius 1 is 0.767 bits per heavy atom. The van der Waals surface area contributed by atoms with Crippen LogP contribution in [-0.2, 0) is 6.42 Å². The van der Waals surface area contributed by atoms with Crippen LogP contribution < -0.4 is 4.74 Å². The topological polar surface area (TPSA) is 29.5 Å². The third-order valence-corrected chi connectivity index (χ3v) is 4.99. The van der Waals surface area contributed by atoms with Crippen LogP contribution >= 0.6 is 0 Å². The molecule has 1 N–H and O–H groups in total. The second kappa shape index (κ2) is 9.21. The summed E-state index contributed by atoms with van der Waals surface area (Å²) in [5.41, 5.74) is 7.32. The number of rotatable bonds is 3. The average molecular weight is 401 g/mol. The Hall–Kier alpha value is -3.00. The fourth-order valence-electron chi connectivity index (χ4n) is 3.87. The van der Waals surface area contributed by atoms with Crippen molar-refractivity contribution in [2.75, 3.05) is 0 Å². The molecule has 2 heteroatoms. The van der Waals surface area contributed by atoms with Crippen molar-refractivity contribution in [1.29, 1.82) is 0 Å². The molecule has 30 heavy (non-hydrogen) atoms. The average Bonchev–Trinajstić information content (AvgIpc) is 2.74. The largest absolute Gasteiger partial charge is 0.508 e. The summed E-state index contributed by atoms with van der Waals surface area (Å²) in [6.45, 7) is 10.2. The molecule has 0 unspecified atom stereocenters. The summed E-state index contributed by atoms with van der Waals surface area (Å²) in [4.78, 5) is 0. The van der Waals surface area contributed by atoms with E-state index in [1.165, 1.54) is 27.8 Å². The predicted molar refractivity (Wildman–Crippen MR) is 127 cm³/mol. The van der Waals surface area contributed by atoms with Crippen molar-refractivity contribution in [2.45, 2.75) is 53.1 Å². The molecule has 0 bridgehead atoms. The van der Waals surface area contributed by atoms with Gasteiger partial charge in [-0.05, 0) is 91.3 Å². The molecule has 1 aliphatic carbocycles. The number of aromatic hydroxyl groups is 1. The monoisotopic (exact) mass is 400 g/mol. The standard InChI is InChI=1S/C26H26O2.C2H6/c1-26(2,3)28-22-14-16-24-20(17-22)11-15-23(18-7-5-4-6-8-18)25(24)19-9-12-21(27)13-10-19;1-2/h4-10,12-14,16-17,27H,11,15H2,1-3H3;1-2H3. The molecule has 0 aromatic heterocycles. The molecule has 156 valence electrons. The van der Waals surface area contributed by atoms with Crippen molar-refractivity contribution in [2.24, 2.45) is 0 Å². The second-order valence-corrected chi connectivity index (χ2v) is 8.30. The number of phenolic OH excluding ortho intramolecular Hbond substituents is 1. The van der Waals surface area contributed by atoms with Gasteiger partial charge < -0.3 is 9.84 Å². The number of benzene rings is 3. The van der Waals surface area contributed by atoms with Crippen LogP contribution in [0.5, 0.6) is 11.5 Å². The summed E-state index contributed by atoms with van der Waals surface area (Å²) < 4.78 is 6.09. The molecule has 1 aliphatic rings. The number of hydrogen-bond acceptors (Lipinski definition) is 2. The SMILES string of the molecule is CC.CC(C)(C)Oc1ccc2c(c1)CCC(c1ccccc1)=C2c1ccc(O)cc1. The van der Waals surface area contributed by atoms with Crippen molar-refractivity contribution in [3.05, 3.63) is 95.1 Å². The molecule has 0 aliphatic heterocycles. The molecule has 3 aromatic rings. The first kappa shape index (κ1) is 21.7. The van der Waals surface area contributed by atoms with Gasteiger partial charge >= 0.3 is 0 Å². The van der Waals surface area contributed by atoms with Crippen LogP contribution in [-0.4, -0.2) is 10.7 Å². The molecule has 0 heterocycles. The van der Waals surface area contributed by atoms with Gasteiger partial charge in [-0.1, -0.05) is 62.4 Å². The smallest absolute Gasteiger partial charge is 0.120 e. The van der Waals surface area contributed by atoms with Gasteiger partial charge in [-0.25, -0.2) is 0 Å². The second-order valence-electron chi connectivity index (χ2n) is 8.30. The highest BCUT2D eigenvalue weighted by Gasteiger charge is 2.23. The zero-order chi connectivity index (χ0) is 21.7. The number of fused-ring (bicyclic) bond motifs is 1. The Morgan fingerprint density at radius 3 is 2.07 bits per heavy atom. The molecular formula is C28H32O2. The lowest BCUT2D eigenvalue weighted by atomic mass is 9.79. The Morgan fingerprint density at radius 2 is 1.43 bits per heavy atom. The van der Waals surface area contributed by atoms with Gasteiger partial charge in [0.1, 0.15) is 17.1 Å². The Balaban J connectivity index is 0.00000124. The zero-order valence-electron chi connectivity index (χ0n) is 18.7. The molecular weight excluding hydrogens is 368 g/mol. The molecule has 0 spiro atoms. The quantitative estimate of drug-likeness (QED) is 0.493. The number of ether oxygens (including phenoxy) is 1. The number of aryl methyl sites for hydroxylation is 1. The van der Waals surface area contributed by atoms with Gasteiger partial charge in [0, 0.05) is 0 Å². The van der Waals surface area contributed by atoms with E-state index in [1.807, 2.05) is 26.0 Å². The summed E-state index contributed by atoms with van der Waals surface area (Å²) in [5, 5.41) is 9.75. The van der Waals surface area contributed by atoms with Crippen LogP contribution in [0.2, 0.25) is 0 Å². The van der Waals surface area contributed by atoms with E-state index in [0.717, 1.165) is 24.2 Å². The lowest BCUT2D eigenvalue weighted by Gasteiger charge is -2.27. The van der Waals surface area contributed by atoms with Gasteiger partial charge in [0.25, 0.3) is 0 Å². The Labute approximate surface area is 180 Å². The highest BCUT2D eigenvalue weighted by molar-refractivity contribution is 6.00. The van der Waals surface area contributed by atoms with E-state index in [4.69, 9.17) is 4.74 Å². The van der Waals surface area contributed by atoms with Gasteiger partial charge in [-0.3, -0.25) is 0 Å². The van der Waals surface area contributed by atoms with Crippen molar-refractivity contribution in [3.63, 3.8) is 0 Å². The summed E-state index contributed by atoms with van der Waals surface area (Å²) in [6.07, 6.45) is 1.97. The van der Waals surface area contributed by atoms with Crippen molar-refractivity contribution >= 4 is 11.1 Å². The number of phenols is 1. The third kappa shape index (κ3) is 4.94. The zero-order valence-corrected chi connectivity index (χ0v) is 18.7. The minimum Gasteiger partial charge on any atom is -0.508 e. The lowest BCUT2D eigenvalue weighted by molar-refractivity contribution is 0.131. The summed E-state index contributed by atoms with van der Waals surface area (Å²) in [5.74, 6) is 1.20. The molecule has 2 nitrogen and oxygen atoms in total. The lowest BCUT2D eigenvalue weighted by Crippen LogP contribution is -2.23. The van der Waals surface area contributed by atoms with Crippen LogP contribution in [0.3, 0.4) is 0 Å².